The topological polar surface area (TPSA) is 65.7 Å². The molecule has 0 spiro atoms. The molecule has 0 amide bonds. The van der Waals surface area contributed by atoms with E-state index in [0.29, 0.717) is 27.5 Å². The standard InChI is InChI=1S/C21H19ClO5/c1-21(2,3)11-19(23)26-13-8-9-14-17(10-13)25-12-18(20(14)24)27-16-7-5-4-6-15(16)22/h4-10,12H,11H2,1-3H3. The minimum absolute atomic E-state index is 0.0214. The van der Waals surface area contributed by atoms with Gasteiger partial charge in [-0.3, -0.25) is 9.59 Å². The van der Waals surface area contributed by atoms with Gasteiger partial charge in [-0.1, -0.05) is 44.5 Å². The van der Waals surface area contributed by atoms with E-state index >= 15 is 0 Å². The first-order chi connectivity index (χ1) is 12.7. The fraction of sp³-hybridized carbons (Fsp3) is 0.238. The Morgan fingerprint density at radius 1 is 1.11 bits per heavy atom. The molecule has 0 saturated heterocycles. The lowest BCUT2D eigenvalue weighted by Gasteiger charge is -2.16. The molecule has 0 aliphatic rings. The van der Waals surface area contributed by atoms with Crippen LogP contribution in [0.5, 0.6) is 17.2 Å². The highest BCUT2D eigenvalue weighted by molar-refractivity contribution is 6.32. The van der Waals surface area contributed by atoms with Crippen molar-refractivity contribution in [3.8, 4) is 17.2 Å². The van der Waals surface area contributed by atoms with Crippen LogP contribution in [0.25, 0.3) is 11.0 Å². The lowest BCUT2D eigenvalue weighted by molar-refractivity contribution is -0.136. The number of ether oxygens (including phenoxy) is 2. The minimum Gasteiger partial charge on any atom is -0.460 e. The average Bonchev–Trinajstić information content (AvgIpc) is 2.57. The van der Waals surface area contributed by atoms with Gasteiger partial charge in [-0.25, -0.2) is 0 Å². The fourth-order valence-corrected chi connectivity index (χ4v) is 2.65. The quantitative estimate of drug-likeness (QED) is 0.432. The van der Waals surface area contributed by atoms with E-state index in [4.69, 9.17) is 25.5 Å². The van der Waals surface area contributed by atoms with Gasteiger partial charge in [0.25, 0.3) is 0 Å². The van der Waals surface area contributed by atoms with E-state index in [2.05, 4.69) is 0 Å². The van der Waals surface area contributed by atoms with Gasteiger partial charge in [-0.15, -0.1) is 0 Å². The molecule has 140 valence electrons. The zero-order valence-corrected chi connectivity index (χ0v) is 16.0. The van der Waals surface area contributed by atoms with Gasteiger partial charge in [0.15, 0.2) is 0 Å². The van der Waals surface area contributed by atoms with Crippen molar-refractivity contribution in [2.75, 3.05) is 0 Å². The Labute approximate surface area is 161 Å². The van der Waals surface area contributed by atoms with Gasteiger partial charge < -0.3 is 13.9 Å². The smallest absolute Gasteiger partial charge is 0.311 e. The van der Waals surface area contributed by atoms with Crippen LogP contribution >= 0.6 is 11.6 Å². The fourth-order valence-electron chi connectivity index (χ4n) is 2.47. The third-order valence-electron chi connectivity index (χ3n) is 3.68. The summed E-state index contributed by atoms with van der Waals surface area (Å²) in [6.07, 6.45) is 1.49. The summed E-state index contributed by atoms with van der Waals surface area (Å²) in [5.74, 6) is 0.356. The van der Waals surface area contributed by atoms with Crippen molar-refractivity contribution in [1.29, 1.82) is 0 Å². The first kappa shape index (κ1) is 19.0. The van der Waals surface area contributed by atoms with Crippen molar-refractivity contribution in [2.45, 2.75) is 27.2 Å². The third-order valence-corrected chi connectivity index (χ3v) is 3.99. The molecule has 1 heterocycles. The molecule has 0 N–H and O–H groups in total. The molecule has 0 radical (unpaired) electrons. The second-order valence-corrected chi connectivity index (χ2v) is 7.74. The van der Waals surface area contributed by atoms with E-state index in [1.165, 1.54) is 12.3 Å². The van der Waals surface area contributed by atoms with Crippen molar-refractivity contribution in [1.82, 2.24) is 0 Å². The van der Waals surface area contributed by atoms with Crippen LogP contribution < -0.4 is 14.9 Å². The summed E-state index contributed by atoms with van der Waals surface area (Å²) >= 11 is 6.05. The maximum absolute atomic E-state index is 12.6. The molecule has 5 nitrogen and oxygen atoms in total. The number of hydrogen-bond donors (Lipinski definition) is 0. The summed E-state index contributed by atoms with van der Waals surface area (Å²) in [5, 5.41) is 0.702. The molecular formula is C21H19ClO5. The van der Waals surface area contributed by atoms with Crippen molar-refractivity contribution < 1.29 is 18.7 Å². The van der Waals surface area contributed by atoms with Gasteiger partial charge >= 0.3 is 5.97 Å². The van der Waals surface area contributed by atoms with Crippen LogP contribution in [0.4, 0.5) is 0 Å². The molecule has 3 rings (SSSR count). The van der Waals surface area contributed by atoms with E-state index in [0.717, 1.165) is 0 Å². The Hall–Kier alpha value is -2.79. The van der Waals surface area contributed by atoms with Crippen molar-refractivity contribution in [3.63, 3.8) is 0 Å². The average molecular weight is 387 g/mol. The second-order valence-electron chi connectivity index (χ2n) is 7.33. The summed E-state index contributed by atoms with van der Waals surface area (Å²) in [7, 11) is 0. The molecule has 0 bridgehead atoms. The molecule has 1 aromatic heterocycles. The highest BCUT2D eigenvalue weighted by atomic mass is 35.5. The van der Waals surface area contributed by atoms with Gasteiger partial charge in [0.1, 0.15) is 23.3 Å². The van der Waals surface area contributed by atoms with E-state index in [9.17, 15) is 9.59 Å². The molecule has 27 heavy (non-hydrogen) atoms. The Kier molecular flexibility index (Phi) is 5.24. The summed E-state index contributed by atoms with van der Waals surface area (Å²) in [6.45, 7) is 5.86. The van der Waals surface area contributed by atoms with E-state index < -0.39 is 0 Å². The maximum Gasteiger partial charge on any atom is 0.311 e. The van der Waals surface area contributed by atoms with Crippen molar-refractivity contribution in [3.05, 3.63) is 64.0 Å². The normalized spacial score (nSPS) is 11.4. The first-order valence-electron chi connectivity index (χ1n) is 8.41. The van der Waals surface area contributed by atoms with Crippen LogP contribution in [0.15, 0.2) is 57.9 Å². The number of benzene rings is 2. The molecule has 0 saturated carbocycles. The third kappa shape index (κ3) is 4.68. The molecule has 3 aromatic rings. The summed E-state index contributed by atoms with van der Waals surface area (Å²) in [5.41, 5.74) is -0.220. The number of carbonyl (C=O) groups is 1. The lowest BCUT2D eigenvalue weighted by Crippen LogP contribution is -2.17. The van der Waals surface area contributed by atoms with Crippen LogP contribution in [0.3, 0.4) is 0 Å². The first-order valence-corrected chi connectivity index (χ1v) is 8.79. The molecule has 0 unspecified atom stereocenters. The minimum atomic E-state index is -0.345. The zero-order valence-electron chi connectivity index (χ0n) is 15.2. The number of halogens is 1. The Balaban J connectivity index is 1.86. The second kappa shape index (κ2) is 7.45. The Bertz CT molecular complexity index is 1050. The van der Waals surface area contributed by atoms with Crippen LogP contribution in [-0.4, -0.2) is 5.97 Å². The number of fused-ring (bicyclic) bond motifs is 1. The molecule has 2 aromatic carbocycles. The Morgan fingerprint density at radius 3 is 2.56 bits per heavy atom. The predicted octanol–water partition coefficient (Wildman–Crippen LogP) is 5.58. The number of carbonyl (C=O) groups excluding carboxylic acids is 1. The molecule has 6 heteroatoms. The van der Waals surface area contributed by atoms with Gasteiger partial charge in [0, 0.05) is 6.07 Å². The van der Waals surface area contributed by atoms with Crippen LogP contribution in [0, 0.1) is 5.41 Å². The summed E-state index contributed by atoms with van der Waals surface area (Å²) < 4.78 is 16.4. The zero-order chi connectivity index (χ0) is 19.6. The number of hydrogen-bond acceptors (Lipinski definition) is 5. The summed E-state index contributed by atoms with van der Waals surface area (Å²) in [6, 6.07) is 11.4. The largest absolute Gasteiger partial charge is 0.460 e. The van der Waals surface area contributed by atoms with Crippen LogP contribution in [-0.2, 0) is 4.79 Å². The van der Waals surface area contributed by atoms with Gasteiger partial charge in [0.2, 0.25) is 11.2 Å². The van der Waals surface area contributed by atoms with Gasteiger partial charge in [0.05, 0.1) is 16.8 Å². The molecule has 0 fully saturated rings. The molecule has 0 aliphatic heterocycles. The summed E-state index contributed by atoms with van der Waals surface area (Å²) in [4.78, 5) is 24.6. The predicted molar refractivity (Wildman–Crippen MR) is 104 cm³/mol. The molecule has 0 atom stereocenters. The molecular weight excluding hydrogens is 368 g/mol. The van der Waals surface area contributed by atoms with Crippen LogP contribution in [0.2, 0.25) is 5.02 Å². The van der Waals surface area contributed by atoms with E-state index in [1.54, 1.807) is 36.4 Å². The van der Waals surface area contributed by atoms with Gasteiger partial charge in [-0.05, 0) is 29.7 Å². The van der Waals surface area contributed by atoms with Crippen molar-refractivity contribution >= 4 is 28.5 Å². The Morgan fingerprint density at radius 2 is 1.85 bits per heavy atom. The highest BCUT2D eigenvalue weighted by Crippen LogP contribution is 2.29. The van der Waals surface area contributed by atoms with Crippen molar-refractivity contribution in [2.24, 2.45) is 5.41 Å². The van der Waals surface area contributed by atoms with E-state index in [-0.39, 0.29) is 29.0 Å². The lowest BCUT2D eigenvalue weighted by atomic mass is 9.92. The number of esters is 1. The number of rotatable bonds is 4. The van der Waals surface area contributed by atoms with E-state index in [1.807, 2.05) is 20.8 Å². The number of para-hydroxylation sites is 1. The monoisotopic (exact) mass is 386 g/mol. The maximum atomic E-state index is 12.6. The highest BCUT2D eigenvalue weighted by Gasteiger charge is 2.18. The SMILES string of the molecule is CC(C)(C)CC(=O)Oc1ccc2c(=O)c(Oc3ccccc3Cl)coc2c1. The molecule has 0 aliphatic carbocycles. The van der Waals surface area contributed by atoms with Crippen LogP contribution in [0.1, 0.15) is 27.2 Å². The van der Waals surface area contributed by atoms with Gasteiger partial charge in [-0.2, -0.15) is 0 Å².